The molecule has 1 saturated heterocycles. The molecule has 1 rings (SSSR count). The minimum atomic E-state index is -0.444. The summed E-state index contributed by atoms with van der Waals surface area (Å²) in [5.74, 6) is 0. The lowest BCUT2D eigenvalue weighted by atomic mass is 10.2. The van der Waals surface area contributed by atoms with E-state index in [2.05, 4.69) is 0 Å². The highest BCUT2D eigenvalue weighted by Gasteiger charge is 2.24. The Morgan fingerprint density at radius 1 is 1.62 bits per heavy atom. The largest absolute Gasteiger partial charge is 0.394 e. The second-order valence-corrected chi connectivity index (χ2v) is 1.95. The van der Waals surface area contributed by atoms with Crippen molar-refractivity contribution >= 4 is 0 Å². The fourth-order valence-electron chi connectivity index (χ4n) is 0.812. The fraction of sp³-hybridized carbons (Fsp3) is 1.00. The van der Waals surface area contributed by atoms with Crippen LogP contribution in [-0.4, -0.2) is 35.6 Å². The third-order valence-electron chi connectivity index (χ3n) is 1.35. The van der Waals surface area contributed by atoms with Crippen LogP contribution in [0, 0.1) is 0 Å². The van der Waals surface area contributed by atoms with E-state index < -0.39 is 6.10 Å². The summed E-state index contributed by atoms with van der Waals surface area (Å²) in [6.07, 6.45) is -0.111. The summed E-state index contributed by atoms with van der Waals surface area (Å²) in [5.41, 5.74) is 0. The summed E-state index contributed by atoms with van der Waals surface area (Å²) in [6, 6.07) is 0. The van der Waals surface area contributed by atoms with Gasteiger partial charge in [-0.1, -0.05) is 0 Å². The molecule has 0 radical (unpaired) electrons. The van der Waals surface area contributed by atoms with Crippen LogP contribution in [0.3, 0.4) is 0 Å². The van der Waals surface area contributed by atoms with E-state index in [1.54, 1.807) is 0 Å². The van der Waals surface area contributed by atoms with E-state index in [0.29, 0.717) is 13.0 Å². The first-order valence-electron chi connectivity index (χ1n) is 2.75. The zero-order valence-electron chi connectivity index (χ0n) is 4.58. The Morgan fingerprint density at radius 2 is 2.38 bits per heavy atom. The normalized spacial score (nSPS) is 38.2. The highest BCUT2D eigenvalue weighted by molar-refractivity contribution is 4.73. The van der Waals surface area contributed by atoms with Crippen molar-refractivity contribution in [2.24, 2.45) is 0 Å². The molecule has 1 fully saturated rings. The Bertz CT molecular complexity index is 74.1. The van der Waals surface area contributed by atoms with Gasteiger partial charge in [0.25, 0.3) is 0 Å². The summed E-state index contributed by atoms with van der Waals surface area (Å²) in [4.78, 5) is 0. The van der Waals surface area contributed by atoms with Gasteiger partial charge in [-0.15, -0.1) is 0 Å². The molecule has 0 saturated carbocycles. The van der Waals surface area contributed by atoms with Gasteiger partial charge < -0.3 is 14.9 Å². The first kappa shape index (κ1) is 6.01. The zero-order chi connectivity index (χ0) is 5.98. The molecule has 0 aromatic heterocycles. The number of aliphatic hydroxyl groups is 2. The Hall–Kier alpha value is -0.120. The molecule has 3 heteroatoms. The summed E-state index contributed by atoms with van der Waals surface area (Å²) in [7, 11) is 0. The van der Waals surface area contributed by atoms with Gasteiger partial charge in [0.2, 0.25) is 0 Å². The highest BCUT2D eigenvalue weighted by atomic mass is 16.5. The van der Waals surface area contributed by atoms with Crippen molar-refractivity contribution in [3.63, 3.8) is 0 Å². The SMILES string of the molecule is OC[C@@H]1OCC[C@H]1O. The minimum Gasteiger partial charge on any atom is -0.394 e. The van der Waals surface area contributed by atoms with E-state index in [1.807, 2.05) is 0 Å². The number of hydrogen-bond donors (Lipinski definition) is 2. The van der Waals surface area contributed by atoms with Crippen LogP contribution in [-0.2, 0) is 4.74 Å². The number of rotatable bonds is 1. The van der Waals surface area contributed by atoms with Crippen LogP contribution in [0.4, 0.5) is 0 Å². The van der Waals surface area contributed by atoms with Crippen LogP contribution in [0.5, 0.6) is 0 Å². The summed E-state index contributed by atoms with van der Waals surface area (Å²) in [5, 5.41) is 17.4. The van der Waals surface area contributed by atoms with E-state index in [-0.39, 0.29) is 12.7 Å². The van der Waals surface area contributed by atoms with Gasteiger partial charge in [-0.2, -0.15) is 0 Å². The standard InChI is InChI=1S/C5H10O3/c6-3-5-4(7)1-2-8-5/h4-7H,1-3H2/t4-,5+/m1/s1. The quantitative estimate of drug-likeness (QED) is 0.470. The first-order chi connectivity index (χ1) is 3.84. The molecule has 0 unspecified atom stereocenters. The fourth-order valence-corrected chi connectivity index (χ4v) is 0.812. The summed E-state index contributed by atoms with van der Waals surface area (Å²) in [6.45, 7) is 0.508. The van der Waals surface area contributed by atoms with Crippen molar-refractivity contribution in [1.29, 1.82) is 0 Å². The van der Waals surface area contributed by atoms with Crippen molar-refractivity contribution in [3.8, 4) is 0 Å². The predicted octanol–water partition coefficient (Wildman–Crippen LogP) is -0.872. The number of aliphatic hydroxyl groups excluding tert-OH is 2. The molecule has 0 aliphatic carbocycles. The Kier molecular flexibility index (Phi) is 1.83. The monoisotopic (exact) mass is 118 g/mol. The molecule has 8 heavy (non-hydrogen) atoms. The van der Waals surface area contributed by atoms with Crippen LogP contribution < -0.4 is 0 Å². The Balaban J connectivity index is 2.30. The Labute approximate surface area is 47.9 Å². The van der Waals surface area contributed by atoms with Gasteiger partial charge in [0, 0.05) is 6.61 Å². The molecule has 1 heterocycles. The van der Waals surface area contributed by atoms with E-state index in [9.17, 15) is 0 Å². The van der Waals surface area contributed by atoms with Crippen LogP contribution >= 0.6 is 0 Å². The molecule has 0 bridgehead atoms. The minimum absolute atomic E-state index is 0.0683. The van der Waals surface area contributed by atoms with Gasteiger partial charge in [0.15, 0.2) is 0 Å². The van der Waals surface area contributed by atoms with Gasteiger partial charge in [-0.25, -0.2) is 0 Å². The van der Waals surface area contributed by atoms with E-state index in [0.717, 1.165) is 0 Å². The molecule has 0 spiro atoms. The molecule has 0 aromatic rings. The predicted molar refractivity (Wildman–Crippen MR) is 27.4 cm³/mol. The topological polar surface area (TPSA) is 49.7 Å². The maximum Gasteiger partial charge on any atom is 0.106 e. The average Bonchev–Trinajstić information content (AvgIpc) is 2.14. The van der Waals surface area contributed by atoms with E-state index in [1.165, 1.54) is 0 Å². The lowest BCUT2D eigenvalue weighted by Gasteiger charge is -2.07. The van der Waals surface area contributed by atoms with Gasteiger partial charge in [0.1, 0.15) is 6.10 Å². The molecule has 1 aliphatic rings. The van der Waals surface area contributed by atoms with Gasteiger partial charge >= 0.3 is 0 Å². The lowest BCUT2D eigenvalue weighted by Crippen LogP contribution is -2.24. The van der Waals surface area contributed by atoms with Crippen molar-refractivity contribution in [2.75, 3.05) is 13.2 Å². The molecule has 48 valence electrons. The van der Waals surface area contributed by atoms with Crippen molar-refractivity contribution in [2.45, 2.75) is 18.6 Å². The highest BCUT2D eigenvalue weighted by Crippen LogP contribution is 2.11. The summed E-state index contributed by atoms with van der Waals surface area (Å²) >= 11 is 0. The Morgan fingerprint density at radius 3 is 2.62 bits per heavy atom. The summed E-state index contributed by atoms with van der Waals surface area (Å²) < 4.78 is 4.91. The molecule has 3 nitrogen and oxygen atoms in total. The smallest absolute Gasteiger partial charge is 0.106 e. The van der Waals surface area contributed by atoms with Gasteiger partial charge in [0.05, 0.1) is 12.7 Å². The van der Waals surface area contributed by atoms with Crippen molar-refractivity contribution in [1.82, 2.24) is 0 Å². The molecule has 0 aromatic carbocycles. The van der Waals surface area contributed by atoms with Crippen LogP contribution in [0.1, 0.15) is 6.42 Å². The zero-order valence-corrected chi connectivity index (χ0v) is 4.58. The van der Waals surface area contributed by atoms with Crippen LogP contribution in [0.25, 0.3) is 0 Å². The average molecular weight is 118 g/mol. The number of ether oxygens (including phenoxy) is 1. The molecule has 2 N–H and O–H groups in total. The lowest BCUT2D eigenvalue weighted by molar-refractivity contribution is 0.00406. The van der Waals surface area contributed by atoms with Gasteiger partial charge in [-0.3, -0.25) is 0 Å². The molecular weight excluding hydrogens is 108 g/mol. The van der Waals surface area contributed by atoms with Crippen LogP contribution in [0.15, 0.2) is 0 Å². The molecule has 0 amide bonds. The first-order valence-corrected chi connectivity index (χ1v) is 2.75. The third-order valence-corrected chi connectivity index (χ3v) is 1.35. The molecular formula is C5H10O3. The maximum atomic E-state index is 8.90. The van der Waals surface area contributed by atoms with Crippen molar-refractivity contribution < 1.29 is 14.9 Å². The van der Waals surface area contributed by atoms with Crippen molar-refractivity contribution in [3.05, 3.63) is 0 Å². The molecule has 2 atom stereocenters. The maximum absolute atomic E-state index is 8.90. The number of hydrogen-bond acceptors (Lipinski definition) is 3. The third kappa shape index (κ3) is 0.992. The van der Waals surface area contributed by atoms with E-state index >= 15 is 0 Å². The van der Waals surface area contributed by atoms with Gasteiger partial charge in [-0.05, 0) is 6.42 Å². The molecule has 1 aliphatic heterocycles. The second kappa shape index (κ2) is 2.44. The van der Waals surface area contributed by atoms with Crippen LogP contribution in [0.2, 0.25) is 0 Å². The second-order valence-electron chi connectivity index (χ2n) is 1.95. The van der Waals surface area contributed by atoms with E-state index in [4.69, 9.17) is 14.9 Å².